The summed E-state index contributed by atoms with van der Waals surface area (Å²) in [7, 11) is 0. The van der Waals surface area contributed by atoms with Gasteiger partial charge in [-0.2, -0.15) is 0 Å². The Labute approximate surface area is 216 Å². The fourth-order valence-corrected chi connectivity index (χ4v) is 6.37. The maximum atomic E-state index is 13.2. The standard InChI is InChI=1S/C29H32FN3O2S/c1-21-20-32(16-17-33(21)28(35)19-22-7-9-24(30)10-8-22)27(34)12-15-31-14-11-26-25(13-18-36-26)29(31)23-5-3-2-4-6-23/h2-10,13,18,21,29H,11-12,14-17,19-20H2,1H3. The van der Waals surface area contributed by atoms with E-state index < -0.39 is 0 Å². The summed E-state index contributed by atoms with van der Waals surface area (Å²) in [4.78, 5) is 33.7. The van der Waals surface area contributed by atoms with E-state index in [9.17, 15) is 14.0 Å². The first-order valence-corrected chi connectivity index (χ1v) is 13.5. The van der Waals surface area contributed by atoms with Crippen LogP contribution < -0.4 is 0 Å². The summed E-state index contributed by atoms with van der Waals surface area (Å²) >= 11 is 1.83. The Morgan fingerprint density at radius 2 is 1.75 bits per heavy atom. The molecule has 3 heterocycles. The lowest BCUT2D eigenvalue weighted by Gasteiger charge is -2.41. The van der Waals surface area contributed by atoms with Crippen molar-refractivity contribution in [2.75, 3.05) is 32.7 Å². The molecule has 7 heteroatoms. The van der Waals surface area contributed by atoms with Gasteiger partial charge < -0.3 is 9.80 Å². The molecular weight excluding hydrogens is 473 g/mol. The van der Waals surface area contributed by atoms with Crippen molar-refractivity contribution in [3.63, 3.8) is 0 Å². The van der Waals surface area contributed by atoms with Crippen molar-refractivity contribution < 1.29 is 14.0 Å². The van der Waals surface area contributed by atoms with Crippen LogP contribution in [-0.4, -0.2) is 65.3 Å². The van der Waals surface area contributed by atoms with Gasteiger partial charge in [-0.3, -0.25) is 14.5 Å². The molecular formula is C29H32FN3O2S. The van der Waals surface area contributed by atoms with Gasteiger partial charge in [0.05, 0.1) is 12.5 Å². The number of nitrogens with zero attached hydrogens (tertiary/aromatic N) is 3. The summed E-state index contributed by atoms with van der Waals surface area (Å²) in [6.07, 6.45) is 1.74. The van der Waals surface area contributed by atoms with Gasteiger partial charge in [0.15, 0.2) is 0 Å². The topological polar surface area (TPSA) is 43.9 Å². The lowest BCUT2D eigenvalue weighted by molar-refractivity contribution is -0.142. The fourth-order valence-electron chi connectivity index (χ4n) is 5.47. The molecule has 2 unspecified atom stereocenters. The van der Waals surface area contributed by atoms with Crippen molar-refractivity contribution >= 4 is 23.2 Å². The largest absolute Gasteiger partial charge is 0.339 e. The van der Waals surface area contributed by atoms with Gasteiger partial charge in [0, 0.05) is 50.1 Å². The van der Waals surface area contributed by atoms with E-state index in [-0.39, 0.29) is 36.1 Å². The minimum Gasteiger partial charge on any atom is -0.339 e. The third kappa shape index (κ3) is 5.37. The molecule has 0 radical (unpaired) electrons. The van der Waals surface area contributed by atoms with Gasteiger partial charge in [0.25, 0.3) is 0 Å². The predicted octanol–water partition coefficient (Wildman–Crippen LogP) is 4.53. The number of hydrogen-bond donors (Lipinski definition) is 0. The van der Waals surface area contributed by atoms with Crippen LogP contribution in [0.5, 0.6) is 0 Å². The maximum absolute atomic E-state index is 13.2. The number of amides is 2. The van der Waals surface area contributed by atoms with E-state index in [1.165, 1.54) is 28.1 Å². The van der Waals surface area contributed by atoms with E-state index in [0.717, 1.165) is 18.5 Å². The molecule has 2 aliphatic heterocycles. The molecule has 0 bridgehead atoms. The van der Waals surface area contributed by atoms with Gasteiger partial charge >= 0.3 is 0 Å². The molecule has 5 nitrogen and oxygen atoms in total. The number of rotatable bonds is 6. The number of halogens is 1. The van der Waals surface area contributed by atoms with Crippen LogP contribution in [0, 0.1) is 5.82 Å². The molecule has 1 aromatic heterocycles. The number of fused-ring (bicyclic) bond motifs is 1. The van der Waals surface area contributed by atoms with E-state index in [1.54, 1.807) is 12.1 Å². The molecule has 2 atom stereocenters. The summed E-state index contributed by atoms with van der Waals surface area (Å²) in [5.74, 6) is -0.135. The second kappa shape index (κ2) is 10.9. The average molecular weight is 506 g/mol. The normalized spacial score (nSPS) is 20.3. The monoisotopic (exact) mass is 505 g/mol. The molecule has 2 aliphatic rings. The fraction of sp³-hybridized carbons (Fsp3) is 0.379. The Bertz CT molecular complexity index is 1200. The predicted molar refractivity (Wildman–Crippen MR) is 140 cm³/mol. The van der Waals surface area contributed by atoms with Gasteiger partial charge in [-0.05, 0) is 53.6 Å². The molecule has 0 spiro atoms. The third-order valence-electron chi connectivity index (χ3n) is 7.36. The number of hydrogen-bond acceptors (Lipinski definition) is 4. The first-order chi connectivity index (χ1) is 17.5. The Morgan fingerprint density at radius 3 is 2.50 bits per heavy atom. The minimum atomic E-state index is -0.304. The van der Waals surface area contributed by atoms with Crippen molar-refractivity contribution in [1.82, 2.24) is 14.7 Å². The summed E-state index contributed by atoms with van der Waals surface area (Å²) in [5.41, 5.74) is 3.44. The molecule has 0 N–H and O–H groups in total. The first-order valence-electron chi connectivity index (χ1n) is 12.7. The third-order valence-corrected chi connectivity index (χ3v) is 8.36. The lowest BCUT2D eigenvalue weighted by atomic mass is 9.93. The zero-order chi connectivity index (χ0) is 25.1. The lowest BCUT2D eigenvalue weighted by Crippen LogP contribution is -2.56. The highest BCUT2D eigenvalue weighted by Crippen LogP contribution is 2.37. The maximum Gasteiger partial charge on any atom is 0.227 e. The van der Waals surface area contributed by atoms with Crippen LogP contribution >= 0.6 is 11.3 Å². The SMILES string of the molecule is CC1CN(C(=O)CCN2CCc3sccc3C2c2ccccc2)CCN1C(=O)Cc1ccc(F)cc1. The highest BCUT2D eigenvalue weighted by Gasteiger charge is 2.32. The molecule has 1 fully saturated rings. The van der Waals surface area contributed by atoms with E-state index in [1.807, 2.05) is 34.1 Å². The average Bonchev–Trinajstić information content (AvgIpc) is 3.37. The van der Waals surface area contributed by atoms with Gasteiger partial charge in [0.2, 0.25) is 11.8 Å². The van der Waals surface area contributed by atoms with Crippen LogP contribution in [0.15, 0.2) is 66.0 Å². The Balaban J connectivity index is 1.17. The van der Waals surface area contributed by atoms with Gasteiger partial charge in [-0.1, -0.05) is 42.5 Å². The van der Waals surface area contributed by atoms with Crippen molar-refractivity contribution in [2.45, 2.75) is 38.3 Å². The highest BCUT2D eigenvalue weighted by molar-refractivity contribution is 7.10. The van der Waals surface area contributed by atoms with Crippen LogP contribution in [0.1, 0.15) is 41.0 Å². The molecule has 5 rings (SSSR count). The van der Waals surface area contributed by atoms with E-state index in [4.69, 9.17) is 0 Å². The summed E-state index contributed by atoms with van der Waals surface area (Å²) in [6.45, 7) is 5.28. The summed E-state index contributed by atoms with van der Waals surface area (Å²) in [6, 6.07) is 19.0. The zero-order valence-corrected chi connectivity index (χ0v) is 21.4. The van der Waals surface area contributed by atoms with Crippen molar-refractivity contribution in [3.8, 4) is 0 Å². The quantitative estimate of drug-likeness (QED) is 0.495. The van der Waals surface area contributed by atoms with Crippen LogP contribution in [-0.2, 0) is 22.4 Å². The van der Waals surface area contributed by atoms with E-state index >= 15 is 0 Å². The molecule has 2 aromatic carbocycles. The van der Waals surface area contributed by atoms with Crippen LogP contribution in [0.4, 0.5) is 4.39 Å². The van der Waals surface area contributed by atoms with Crippen LogP contribution in [0.3, 0.4) is 0 Å². The van der Waals surface area contributed by atoms with Crippen molar-refractivity contribution in [3.05, 3.63) is 93.4 Å². The number of carbonyl (C=O) groups is 2. The molecule has 188 valence electrons. The minimum absolute atomic E-state index is 0.0202. The Morgan fingerprint density at radius 1 is 0.972 bits per heavy atom. The van der Waals surface area contributed by atoms with Crippen molar-refractivity contribution in [2.24, 2.45) is 0 Å². The van der Waals surface area contributed by atoms with Gasteiger partial charge in [-0.15, -0.1) is 11.3 Å². The molecule has 2 amide bonds. The van der Waals surface area contributed by atoms with E-state index in [0.29, 0.717) is 32.6 Å². The van der Waals surface area contributed by atoms with Gasteiger partial charge in [0.1, 0.15) is 5.82 Å². The Hall–Kier alpha value is -3.03. The van der Waals surface area contributed by atoms with Crippen LogP contribution in [0.25, 0.3) is 0 Å². The Kier molecular flexibility index (Phi) is 7.48. The van der Waals surface area contributed by atoms with Gasteiger partial charge in [-0.25, -0.2) is 4.39 Å². The van der Waals surface area contributed by atoms with E-state index in [2.05, 4.69) is 40.6 Å². The highest BCUT2D eigenvalue weighted by atomic mass is 32.1. The molecule has 36 heavy (non-hydrogen) atoms. The molecule has 0 aliphatic carbocycles. The number of thiophene rings is 1. The molecule has 0 saturated carbocycles. The molecule has 1 saturated heterocycles. The summed E-state index contributed by atoms with van der Waals surface area (Å²) < 4.78 is 13.2. The number of benzene rings is 2. The first kappa shape index (κ1) is 24.7. The smallest absolute Gasteiger partial charge is 0.227 e. The number of carbonyl (C=O) groups excluding carboxylic acids is 2. The van der Waals surface area contributed by atoms with Crippen LogP contribution in [0.2, 0.25) is 0 Å². The number of piperazine rings is 1. The van der Waals surface area contributed by atoms with Crippen molar-refractivity contribution in [1.29, 1.82) is 0 Å². The summed E-state index contributed by atoms with van der Waals surface area (Å²) in [5, 5.41) is 2.17. The zero-order valence-electron chi connectivity index (χ0n) is 20.6. The molecule has 3 aromatic rings. The second-order valence-electron chi connectivity index (χ2n) is 9.73. The second-order valence-corrected chi connectivity index (χ2v) is 10.7.